The van der Waals surface area contributed by atoms with Crippen molar-refractivity contribution in [1.82, 2.24) is 5.32 Å². The van der Waals surface area contributed by atoms with Crippen molar-refractivity contribution in [3.63, 3.8) is 0 Å². The maximum Gasteiger partial charge on any atom is 0.217 e. The zero-order chi connectivity index (χ0) is 18.9. The van der Waals surface area contributed by atoms with E-state index in [2.05, 4.69) is 5.32 Å². The molecule has 11 nitrogen and oxygen atoms in total. The van der Waals surface area contributed by atoms with Gasteiger partial charge in [0.2, 0.25) is 5.91 Å². The number of aliphatic hydroxyl groups excluding tert-OH is 4. The van der Waals surface area contributed by atoms with Crippen molar-refractivity contribution in [3.05, 3.63) is 0 Å². The summed E-state index contributed by atoms with van der Waals surface area (Å²) < 4.78 is 11.1. The van der Waals surface area contributed by atoms with Gasteiger partial charge in [0.25, 0.3) is 0 Å². The zero-order valence-electron chi connectivity index (χ0n) is 13.9. The van der Waals surface area contributed by atoms with Gasteiger partial charge in [-0.05, 0) is 6.42 Å². The first-order valence-electron chi connectivity index (χ1n) is 8.18. The lowest BCUT2D eigenvalue weighted by Crippen LogP contribution is -2.68. The Kier molecular flexibility index (Phi) is 6.70. The second-order valence-electron chi connectivity index (χ2n) is 6.63. The molecular weight excluding hydrogens is 336 g/mol. The van der Waals surface area contributed by atoms with Crippen LogP contribution in [0.5, 0.6) is 0 Å². The van der Waals surface area contributed by atoms with Gasteiger partial charge in [0.05, 0.1) is 12.1 Å². The molecule has 11 N–H and O–H groups in total. The summed E-state index contributed by atoms with van der Waals surface area (Å²) in [7, 11) is 0. The van der Waals surface area contributed by atoms with Crippen LogP contribution >= 0.6 is 0 Å². The third-order valence-electron chi connectivity index (χ3n) is 4.71. The summed E-state index contributed by atoms with van der Waals surface area (Å²) in [6.07, 6.45) is -8.25. The molecule has 1 saturated carbocycles. The minimum Gasteiger partial charge on any atom is -0.388 e. The van der Waals surface area contributed by atoms with Crippen molar-refractivity contribution in [2.75, 3.05) is 6.54 Å². The second-order valence-corrected chi connectivity index (χ2v) is 6.63. The van der Waals surface area contributed by atoms with Crippen molar-refractivity contribution in [2.45, 2.75) is 74.4 Å². The van der Waals surface area contributed by atoms with E-state index in [0.717, 1.165) is 0 Å². The number of nitrogens with two attached hydrogens (primary N) is 3. The van der Waals surface area contributed by atoms with Gasteiger partial charge in [-0.15, -0.1) is 0 Å². The van der Waals surface area contributed by atoms with Crippen molar-refractivity contribution >= 4 is 5.91 Å². The van der Waals surface area contributed by atoms with Crippen LogP contribution in [0.25, 0.3) is 0 Å². The van der Waals surface area contributed by atoms with Gasteiger partial charge in [0, 0.05) is 19.5 Å². The van der Waals surface area contributed by atoms with Crippen LogP contribution in [0.2, 0.25) is 0 Å². The van der Waals surface area contributed by atoms with E-state index in [1.807, 2.05) is 0 Å². The van der Waals surface area contributed by atoms with E-state index in [-0.39, 0.29) is 18.9 Å². The third-order valence-corrected chi connectivity index (χ3v) is 4.71. The highest BCUT2D eigenvalue weighted by Crippen LogP contribution is 2.27. The van der Waals surface area contributed by atoms with E-state index in [1.54, 1.807) is 0 Å². The summed E-state index contributed by atoms with van der Waals surface area (Å²) in [6.45, 7) is 1.22. The predicted octanol–water partition coefficient (Wildman–Crippen LogP) is -4.94. The number of carbonyl (C=O) groups excluding carboxylic acids is 1. The molecule has 25 heavy (non-hydrogen) atoms. The molecule has 1 heterocycles. The lowest BCUT2D eigenvalue weighted by Gasteiger charge is -2.46. The summed E-state index contributed by atoms with van der Waals surface area (Å²) in [6, 6.07) is -2.54. The number of hydrogen-bond acceptors (Lipinski definition) is 10. The second kappa shape index (κ2) is 8.20. The van der Waals surface area contributed by atoms with Crippen molar-refractivity contribution < 1.29 is 34.7 Å². The van der Waals surface area contributed by atoms with E-state index in [1.165, 1.54) is 6.92 Å². The van der Waals surface area contributed by atoms with Gasteiger partial charge in [-0.2, -0.15) is 0 Å². The van der Waals surface area contributed by atoms with Gasteiger partial charge in [0.15, 0.2) is 6.29 Å². The maximum absolute atomic E-state index is 11.2. The molecule has 2 fully saturated rings. The molecule has 2 rings (SSSR count). The first kappa shape index (κ1) is 20.4. The van der Waals surface area contributed by atoms with Crippen LogP contribution < -0.4 is 22.5 Å². The Bertz CT molecular complexity index is 468. The molecule has 0 unspecified atom stereocenters. The molecule has 0 radical (unpaired) electrons. The number of nitrogens with one attached hydrogen (secondary N) is 1. The molecule has 11 heteroatoms. The smallest absolute Gasteiger partial charge is 0.217 e. The van der Waals surface area contributed by atoms with Crippen molar-refractivity contribution in [3.8, 4) is 0 Å². The summed E-state index contributed by atoms with van der Waals surface area (Å²) in [5.41, 5.74) is 17.3. The van der Waals surface area contributed by atoms with Crippen LogP contribution in [-0.2, 0) is 14.3 Å². The van der Waals surface area contributed by atoms with E-state index in [0.29, 0.717) is 0 Å². The number of aliphatic hydroxyl groups is 4. The molecule has 2 aliphatic rings. The first-order valence-corrected chi connectivity index (χ1v) is 8.18. The van der Waals surface area contributed by atoms with Gasteiger partial charge >= 0.3 is 0 Å². The van der Waals surface area contributed by atoms with Crippen LogP contribution in [0.4, 0.5) is 0 Å². The number of hydrogen-bond donors (Lipinski definition) is 8. The van der Waals surface area contributed by atoms with Gasteiger partial charge < -0.3 is 52.4 Å². The largest absolute Gasteiger partial charge is 0.388 e. The molecular formula is C14H28N4O7. The average Bonchev–Trinajstić information content (AvgIpc) is 2.55. The van der Waals surface area contributed by atoms with Gasteiger partial charge in [0.1, 0.15) is 36.6 Å². The number of amides is 1. The summed E-state index contributed by atoms with van der Waals surface area (Å²) in [5.74, 6) is -0.358. The number of ether oxygens (including phenoxy) is 2. The molecule has 0 aromatic rings. The van der Waals surface area contributed by atoms with Crippen LogP contribution in [0.15, 0.2) is 0 Å². The lowest BCUT2D eigenvalue weighted by atomic mass is 9.84. The van der Waals surface area contributed by atoms with Crippen molar-refractivity contribution in [1.29, 1.82) is 0 Å². The molecule has 1 aliphatic heterocycles. The average molecular weight is 364 g/mol. The predicted molar refractivity (Wildman–Crippen MR) is 84.8 cm³/mol. The molecule has 10 atom stereocenters. The van der Waals surface area contributed by atoms with E-state index in [4.69, 9.17) is 26.7 Å². The SMILES string of the molecule is CC(=O)N[C@@H]1C[C@H](N)[C@@H](O[C@H]2O[C@H](CN)[C@@H](O)[C@H](O)[C@H]2N)[C@H](O)[C@H]1O. The molecule has 0 aromatic heterocycles. The van der Waals surface area contributed by atoms with E-state index >= 15 is 0 Å². The molecule has 146 valence electrons. The van der Waals surface area contributed by atoms with E-state index in [9.17, 15) is 25.2 Å². The third kappa shape index (κ3) is 4.27. The Balaban J connectivity index is 2.07. The first-order chi connectivity index (χ1) is 11.7. The number of carbonyl (C=O) groups is 1. The van der Waals surface area contributed by atoms with Gasteiger partial charge in [-0.3, -0.25) is 4.79 Å². The van der Waals surface area contributed by atoms with Crippen molar-refractivity contribution in [2.24, 2.45) is 17.2 Å². The van der Waals surface area contributed by atoms with E-state index < -0.39 is 61.0 Å². The van der Waals surface area contributed by atoms with Crippen LogP contribution in [0.3, 0.4) is 0 Å². The topological polar surface area (TPSA) is 207 Å². The Morgan fingerprint density at radius 3 is 2.36 bits per heavy atom. The zero-order valence-corrected chi connectivity index (χ0v) is 13.9. The standard InChI is InChI=1S/C14H28N4O7/c1-4(19)18-6-2-5(16)13(12(23)9(6)20)25-14-8(17)11(22)10(21)7(3-15)24-14/h5-14,20-23H,2-3,15-17H2,1H3,(H,18,19)/t5-,6+,7+,8+,9-,10+,11+,12+,13+,14+/m0/s1. The Morgan fingerprint density at radius 2 is 1.80 bits per heavy atom. The fourth-order valence-corrected chi connectivity index (χ4v) is 3.26. The highest BCUT2D eigenvalue weighted by atomic mass is 16.7. The number of rotatable bonds is 4. The normalized spacial score (nSPS) is 48.2. The minimum absolute atomic E-state index is 0.0721. The Morgan fingerprint density at radius 1 is 1.16 bits per heavy atom. The van der Waals surface area contributed by atoms with Crippen LogP contribution in [-0.4, -0.2) is 93.9 Å². The fourth-order valence-electron chi connectivity index (χ4n) is 3.26. The lowest BCUT2D eigenvalue weighted by molar-refractivity contribution is -0.288. The summed E-state index contributed by atoms with van der Waals surface area (Å²) in [4.78, 5) is 11.2. The maximum atomic E-state index is 11.2. The Hall–Kier alpha value is -0.890. The minimum atomic E-state index is -1.41. The quantitative estimate of drug-likeness (QED) is 0.238. The molecule has 0 spiro atoms. The van der Waals surface area contributed by atoms with Crippen LogP contribution in [0.1, 0.15) is 13.3 Å². The fraction of sp³-hybridized carbons (Fsp3) is 0.929. The van der Waals surface area contributed by atoms with Crippen LogP contribution in [0, 0.1) is 0 Å². The summed E-state index contributed by atoms with van der Waals surface area (Å²) >= 11 is 0. The highest BCUT2D eigenvalue weighted by Gasteiger charge is 2.48. The Labute approximate surface area is 145 Å². The monoisotopic (exact) mass is 364 g/mol. The van der Waals surface area contributed by atoms with Gasteiger partial charge in [-0.1, -0.05) is 0 Å². The summed E-state index contributed by atoms with van der Waals surface area (Å²) in [5, 5.41) is 42.9. The molecule has 0 bridgehead atoms. The van der Waals surface area contributed by atoms with Gasteiger partial charge in [-0.25, -0.2) is 0 Å². The molecule has 1 saturated heterocycles. The molecule has 1 amide bonds. The highest BCUT2D eigenvalue weighted by molar-refractivity contribution is 5.73. The molecule has 1 aliphatic carbocycles. The molecule has 0 aromatic carbocycles.